The molecule has 1 aromatic rings. The molecule has 4 heteroatoms. The van der Waals surface area contributed by atoms with Crippen LogP contribution in [0.4, 0.5) is 5.69 Å². The second-order valence-corrected chi connectivity index (χ2v) is 5.86. The molecule has 1 aromatic carbocycles. The standard InChI is InChI=1S/C16H22N2O2/c1-12-11-13(20-2)5-6-14(12)17-15(19)16-7-3-9-18(16)10-4-8-16/h5-6,11H,3-4,7-10H2,1-2H3,(H,17,19). The number of amides is 1. The maximum Gasteiger partial charge on any atom is 0.244 e. The molecule has 0 saturated carbocycles. The summed E-state index contributed by atoms with van der Waals surface area (Å²) >= 11 is 0. The van der Waals surface area contributed by atoms with Crippen molar-refractivity contribution < 1.29 is 9.53 Å². The number of benzene rings is 1. The number of aryl methyl sites for hydroxylation is 1. The number of nitrogens with one attached hydrogen (secondary N) is 1. The molecule has 2 heterocycles. The van der Waals surface area contributed by atoms with E-state index in [-0.39, 0.29) is 11.4 Å². The lowest BCUT2D eigenvalue weighted by atomic mass is 9.93. The van der Waals surface area contributed by atoms with Crippen LogP contribution in [-0.4, -0.2) is 36.5 Å². The molecule has 0 aromatic heterocycles. The summed E-state index contributed by atoms with van der Waals surface area (Å²) in [6.07, 6.45) is 4.26. The zero-order valence-electron chi connectivity index (χ0n) is 12.2. The Bertz CT molecular complexity index is 517. The van der Waals surface area contributed by atoms with Gasteiger partial charge in [0.1, 0.15) is 11.3 Å². The van der Waals surface area contributed by atoms with Crippen LogP contribution >= 0.6 is 0 Å². The molecule has 3 rings (SSSR count). The van der Waals surface area contributed by atoms with E-state index in [0.717, 1.165) is 55.8 Å². The lowest BCUT2D eigenvalue weighted by molar-refractivity contribution is -0.125. The molecule has 0 unspecified atom stereocenters. The van der Waals surface area contributed by atoms with Gasteiger partial charge in [0, 0.05) is 5.69 Å². The van der Waals surface area contributed by atoms with Crippen LogP contribution in [0.15, 0.2) is 18.2 Å². The summed E-state index contributed by atoms with van der Waals surface area (Å²) in [6, 6.07) is 5.77. The molecule has 2 fully saturated rings. The van der Waals surface area contributed by atoms with Gasteiger partial charge in [-0.05, 0) is 69.5 Å². The highest BCUT2D eigenvalue weighted by molar-refractivity contribution is 5.99. The minimum atomic E-state index is -0.244. The van der Waals surface area contributed by atoms with Crippen molar-refractivity contribution in [2.24, 2.45) is 0 Å². The Morgan fingerprint density at radius 1 is 1.30 bits per heavy atom. The van der Waals surface area contributed by atoms with Gasteiger partial charge in [-0.25, -0.2) is 0 Å². The Morgan fingerprint density at radius 2 is 2.00 bits per heavy atom. The average molecular weight is 274 g/mol. The molecule has 0 atom stereocenters. The van der Waals surface area contributed by atoms with Crippen LogP contribution in [0.2, 0.25) is 0 Å². The fourth-order valence-corrected chi connectivity index (χ4v) is 3.62. The highest BCUT2D eigenvalue weighted by atomic mass is 16.5. The quantitative estimate of drug-likeness (QED) is 0.921. The van der Waals surface area contributed by atoms with Gasteiger partial charge in [0.05, 0.1) is 7.11 Å². The number of nitrogens with zero attached hydrogens (tertiary/aromatic N) is 1. The Morgan fingerprint density at radius 3 is 2.60 bits per heavy atom. The number of hydrogen-bond donors (Lipinski definition) is 1. The molecular formula is C16H22N2O2. The molecule has 0 radical (unpaired) electrons. The molecule has 1 amide bonds. The van der Waals surface area contributed by atoms with Crippen molar-refractivity contribution in [1.29, 1.82) is 0 Å². The first-order valence-corrected chi connectivity index (χ1v) is 7.37. The van der Waals surface area contributed by atoms with Gasteiger partial charge in [-0.15, -0.1) is 0 Å². The van der Waals surface area contributed by atoms with Crippen molar-refractivity contribution in [3.8, 4) is 5.75 Å². The highest BCUT2D eigenvalue weighted by Crippen LogP contribution is 2.39. The summed E-state index contributed by atoms with van der Waals surface area (Å²) < 4.78 is 5.20. The second-order valence-electron chi connectivity index (χ2n) is 5.86. The van der Waals surface area contributed by atoms with E-state index in [9.17, 15) is 4.79 Å². The number of methoxy groups -OCH3 is 1. The van der Waals surface area contributed by atoms with Crippen molar-refractivity contribution >= 4 is 11.6 Å². The van der Waals surface area contributed by atoms with E-state index in [1.54, 1.807) is 7.11 Å². The number of anilines is 1. The maximum atomic E-state index is 12.7. The molecule has 0 aliphatic carbocycles. The van der Waals surface area contributed by atoms with E-state index in [2.05, 4.69) is 10.2 Å². The number of ether oxygens (including phenoxy) is 1. The first-order valence-electron chi connectivity index (χ1n) is 7.37. The van der Waals surface area contributed by atoms with Gasteiger partial charge < -0.3 is 10.1 Å². The third-order valence-corrected chi connectivity index (χ3v) is 4.75. The van der Waals surface area contributed by atoms with Crippen LogP contribution in [0.25, 0.3) is 0 Å². The molecule has 2 aliphatic rings. The van der Waals surface area contributed by atoms with E-state index >= 15 is 0 Å². The third kappa shape index (κ3) is 2.08. The normalized spacial score (nSPS) is 20.7. The molecule has 1 N–H and O–H groups in total. The van der Waals surface area contributed by atoms with Gasteiger partial charge in [0.15, 0.2) is 0 Å². The lowest BCUT2D eigenvalue weighted by Crippen LogP contribution is -2.49. The van der Waals surface area contributed by atoms with Crippen LogP contribution in [-0.2, 0) is 4.79 Å². The average Bonchev–Trinajstić information content (AvgIpc) is 3.01. The zero-order valence-corrected chi connectivity index (χ0v) is 12.2. The molecule has 20 heavy (non-hydrogen) atoms. The first kappa shape index (κ1) is 13.4. The van der Waals surface area contributed by atoms with E-state index in [1.807, 2.05) is 25.1 Å². The lowest BCUT2D eigenvalue weighted by Gasteiger charge is -2.30. The predicted octanol–water partition coefficient (Wildman–Crippen LogP) is 2.57. The number of fused-ring (bicyclic) bond motifs is 1. The minimum absolute atomic E-state index is 0.167. The molecule has 2 saturated heterocycles. The third-order valence-electron chi connectivity index (χ3n) is 4.75. The van der Waals surface area contributed by atoms with Gasteiger partial charge in [-0.1, -0.05) is 0 Å². The summed E-state index contributed by atoms with van der Waals surface area (Å²) in [4.78, 5) is 15.1. The number of carbonyl (C=O) groups is 1. The monoisotopic (exact) mass is 274 g/mol. The number of rotatable bonds is 3. The Balaban J connectivity index is 1.79. The van der Waals surface area contributed by atoms with Crippen LogP contribution < -0.4 is 10.1 Å². The van der Waals surface area contributed by atoms with E-state index in [4.69, 9.17) is 4.74 Å². The Hall–Kier alpha value is -1.55. The summed E-state index contributed by atoms with van der Waals surface area (Å²) in [5, 5.41) is 3.13. The molecular weight excluding hydrogens is 252 g/mol. The van der Waals surface area contributed by atoms with Gasteiger partial charge >= 0.3 is 0 Å². The fourth-order valence-electron chi connectivity index (χ4n) is 3.62. The van der Waals surface area contributed by atoms with Gasteiger partial charge in [-0.2, -0.15) is 0 Å². The number of hydrogen-bond acceptors (Lipinski definition) is 3. The van der Waals surface area contributed by atoms with Crippen LogP contribution in [0.3, 0.4) is 0 Å². The van der Waals surface area contributed by atoms with E-state index in [0.29, 0.717) is 0 Å². The van der Waals surface area contributed by atoms with E-state index < -0.39 is 0 Å². The Kier molecular flexibility index (Phi) is 3.42. The summed E-state index contributed by atoms with van der Waals surface area (Å²) in [7, 11) is 1.65. The smallest absolute Gasteiger partial charge is 0.244 e. The van der Waals surface area contributed by atoms with Crippen molar-refractivity contribution in [2.45, 2.75) is 38.1 Å². The fraction of sp³-hybridized carbons (Fsp3) is 0.562. The predicted molar refractivity (Wildman–Crippen MR) is 79.1 cm³/mol. The van der Waals surface area contributed by atoms with Gasteiger partial charge in [0.25, 0.3) is 0 Å². The maximum absolute atomic E-state index is 12.7. The second kappa shape index (κ2) is 5.09. The Labute approximate surface area is 120 Å². The van der Waals surface area contributed by atoms with Crippen molar-refractivity contribution in [3.05, 3.63) is 23.8 Å². The van der Waals surface area contributed by atoms with Crippen molar-refractivity contribution in [2.75, 3.05) is 25.5 Å². The molecule has 4 nitrogen and oxygen atoms in total. The van der Waals surface area contributed by atoms with Crippen molar-refractivity contribution in [1.82, 2.24) is 4.90 Å². The molecule has 0 bridgehead atoms. The van der Waals surface area contributed by atoms with Gasteiger partial charge in [-0.3, -0.25) is 9.69 Å². The summed E-state index contributed by atoms with van der Waals surface area (Å²) in [5.41, 5.74) is 1.69. The molecule has 108 valence electrons. The molecule has 0 spiro atoms. The molecule has 2 aliphatic heterocycles. The summed E-state index contributed by atoms with van der Waals surface area (Å²) in [6.45, 7) is 4.13. The zero-order chi connectivity index (χ0) is 14.2. The van der Waals surface area contributed by atoms with Crippen LogP contribution in [0.1, 0.15) is 31.2 Å². The van der Waals surface area contributed by atoms with Crippen LogP contribution in [0, 0.1) is 6.92 Å². The first-order chi connectivity index (χ1) is 9.65. The van der Waals surface area contributed by atoms with Crippen LogP contribution in [0.5, 0.6) is 5.75 Å². The van der Waals surface area contributed by atoms with Gasteiger partial charge in [0.2, 0.25) is 5.91 Å². The minimum Gasteiger partial charge on any atom is -0.497 e. The van der Waals surface area contributed by atoms with Crippen molar-refractivity contribution in [3.63, 3.8) is 0 Å². The largest absolute Gasteiger partial charge is 0.497 e. The number of carbonyl (C=O) groups excluding carboxylic acids is 1. The summed E-state index contributed by atoms with van der Waals surface area (Å²) in [5.74, 6) is 0.989. The topological polar surface area (TPSA) is 41.6 Å². The SMILES string of the molecule is COc1ccc(NC(=O)C23CCCN2CCC3)c(C)c1. The highest BCUT2D eigenvalue weighted by Gasteiger charge is 2.49. The van der Waals surface area contributed by atoms with E-state index in [1.165, 1.54) is 0 Å².